The number of likely N-dealkylation sites (tertiary alicyclic amines) is 1. The van der Waals surface area contributed by atoms with Gasteiger partial charge in [0, 0.05) is 17.7 Å². The predicted octanol–water partition coefficient (Wildman–Crippen LogP) is 3.64. The number of carbonyl (C=O) groups excluding carboxylic acids is 2. The first-order chi connectivity index (χ1) is 13.4. The maximum atomic E-state index is 13.7. The summed E-state index contributed by atoms with van der Waals surface area (Å²) in [7, 11) is 0. The number of nitrogens with zero attached hydrogens (tertiary/aromatic N) is 1. The van der Waals surface area contributed by atoms with Gasteiger partial charge in [-0.25, -0.2) is 8.78 Å². The summed E-state index contributed by atoms with van der Waals surface area (Å²) in [5.41, 5.74) is 0.722. The van der Waals surface area contributed by atoms with E-state index >= 15 is 0 Å². The number of nitrogens with one attached hydrogen (secondary N) is 2. The monoisotopic (exact) mass is 387 g/mol. The molecule has 0 radical (unpaired) electrons. The fraction of sp³-hybridized carbons (Fsp3) is 0.333. The second-order valence-corrected chi connectivity index (χ2v) is 6.95. The molecule has 1 aliphatic heterocycles. The molecule has 5 nitrogen and oxygen atoms in total. The van der Waals surface area contributed by atoms with E-state index < -0.39 is 17.7 Å². The Bertz CT molecular complexity index is 837. The molecule has 0 bridgehead atoms. The minimum Gasteiger partial charge on any atom is -0.326 e. The van der Waals surface area contributed by atoms with Crippen molar-refractivity contribution in [3.8, 4) is 0 Å². The molecule has 1 fully saturated rings. The minimum atomic E-state index is -0.808. The third-order valence-electron chi connectivity index (χ3n) is 5.06. The summed E-state index contributed by atoms with van der Waals surface area (Å²) >= 11 is 0. The van der Waals surface area contributed by atoms with Crippen molar-refractivity contribution in [2.75, 3.05) is 23.7 Å². The second-order valence-electron chi connectivity index (χ2n) is 6.95. The fourth-order valence-corrected chi connectivity index (χ4v) is 3.31. The van der Waals surface area contributed by atoms with Crippen molar-refractivity contribution < 1.29 is 18.4 Å². The molecule has 0 saturated carbocycles. The molecule has 2 aromatic rings. The quantitative estimate of drug-likeness (QED) is 0.823. The third-order valence-corrected chi connectivity index (χ3v) is 5.06. The Kier molecular flexibility index (Phi) is 6.36. The summed E-state index contributed by atoms with van der Waals surface area (Å²) < 4.78 is 26.7. The van der Waals surface area contributed by atoms with Crippen molar-refractivity contribution in [1.29, 1.82) is 0 Å². The van der Waals surface area contributed by atoms with E-state index in [-0.39, 0.29) is 23.4 Å². The van der Waals surface area contributed by atoms with Crippen LogP contribution in [0.3, 0.4) is 0 Å². The molecule has 1 saturated heterocycles. The number of para-hydroxylation sites is 1. The summed E-state index contributed by atoms with van der Waals surface area (Å²) in [4.78, 5) is 26.8. The highest BCUT2D eigenvalue weighted by Crippen LogP contribution is 2.22. The van der Waals surface area contributed by atoms with Crippen LogP contribution in [0.5, 0.6) is 0 Å². The predicted molar refractivity (Wildman–Crippen MR) is 104 cm³/mol. The van der Waals surface area contributed by atoms with Crippen LogP contribution in [0.2, 0.25) is 0 Å². The molecule has 0 aromatic heterocycles. The molecule has 3 rings (SSSR count). The Labute approximate surface area is 162 Å². The van der Waals surface area contributed by atoms with Crippen LogP contribution in [0.25, 0.3) is 0 Å². The highest BCUT2D eigenvalue weighted by Gasteiger charge is 2.30. The average Bonchev–Trinajstić information content (AvgIpc) is 2.70. The molecule has 148 valence electrons. The zero-order valence-corrected chi connectivity index (χ0v) is 15.6. The topological polar surface area (TPSA) is 61.4 Å². The Hall–Kier alpha value is -2.80. The molecule has 0 aliphatic carbocycles. The number of hydrogen-bond donors (Lipinski definition) is 2. The minimum absolute atomic E-state index is 0.0173. The summed E-state index contributed by atoms with van der Waals surface area (Å²) in [6.45, 7) is 2.92. The Morgan fingerprint density at radius 1 is 1.04 bits per heavy atom. The molecule has 2 N–H and O–H groups in total. The smallest absolute Gasteiger partial charge is 0.241 e. The van der Waals surface area contributed by atoms with E-state index in [1.165, 1.54) is 6.07 Å². The van der Waals surface area contributed by atoms with Gasteiger partial charge in [-0.15, -0.1) is 0 Å². The van der Waals surface area contributed by atoms with Gasteiger partial charge in [0.1, 0.15) is 11.6 Å². The van der Waals surface area contributed by atoms with Crippen molar-refractivity contribution in [3.63, 3.8) is 0 Å². The molecule has 0 spiro atoms. The first-order valence-corrected chi connectivity index (χ1v) is 9.30. The lowest BCUT2D eigenvalue weighted by Crippen LogP contribution is -2.47. The Balaban J connectivity index is 1.51. The molecule has 2 aromatic carbocycles. The number of anilines is 2. The van der Waals surface area contributed by atoms with Crippen molar-refractivity contribution in [2.45, 2.75) is 25.8 Å². The lowest BCUT2D eigenvalue weighted by Gasteiger charge is -2.34. The zero-order chi connectivity index (χ0) is 20.1. The highest BCUT2D eigenvalue weighted by molar-refractivity contribution is 5.95. The van der Waals surface area contributed by atoms with Gasteiger partial charge >= 0.3 is 0 Å². The van der Waals surface area contributed by atoms with E-state index in [4.69, 9.17) is 0 Å². The molecule has 28 heavy (non-hydrogen) atoms. The molecule has 1 atom stereocenters. The molecular weight excluding hydrogens is 364 g/mol. The number of benzene rings is 2. The standard InChI is InChI=1S/C21H23F2N3O2/c1-14(20(27)25-19-8-7-16(22)13-18(19)23)26-11-9-15(10-12-26)21(28)24-17-5-3-2-4-6-17/h2-8,13-15H,9-12H2,1H3,(H,24,28)(H,25,27)/t14-/m1/s1. The van der Waals surface area contributed by atoms with E-state index in [1.807, 2.05) is 35.2 Å². The lowest BCUT2D eigenvalue weighted by molar-refractivity contribution is -0.123. The molecule has 2 amide bonds. The fourth-order valence-electron chi connectivity index (χ4n) is 3.31. The second kappa shape index (κ2) is 8.93. The zero-order valence-electron chi connectivity index (χ0n) is 15.6. The van der Waals surface area contributed by atoms with Crippen LogP contribution < -0.4 is 10.6 Å². The number of amides is 2. The first-order valence-electron chi connectivity index (χ1n) is 9.30. The van der Waals surface area contributed by atoms with Crippen LogP contribution in [0.1, 0.15) is 19.8 Å². The summed E-state index contributed by atoms with van der Waals surface area (Å²) in [5.74, 6) is -1.99. The van der Waals surface area contributed by atoms with Crippen molar-refractivity contribution in [2.24, 2.45) is 5.92 Å². The Morgan fingerprint density at radius 3 is 2.36 bits per heavy atom. The lowest BCUT2D eigenvalue weighted by atomic mass is 9.94. The summed E-state index contributed by atoms with van der Waals surface area (Å²) in [6, 6.07) is 11.8. The van der Waals surface area contributed by atoms with Gasteiger partial charge in [-0.2, -0.15) is 0 Å². The van der Waals surface area contributed by atoms with Crippen LogP contribution in [0.15, 0.2) is 48.5 Å². The highest BCUT2D eigenvalue weighted by atomic mass is 19.1. The van der Waals surface area contributed by atoms with E-state index in [0.717, 1.165) is 17.8 Å². The van der Waals surface area contributed by atoms with Crippen LogP contribution in [-0.2, 0) is 9.59 Å². The van der Waals surface area contributed by atoms with Gasteiger partial charge in [0.25, 0.3) is 0 Å². The Morgan fingerprint density at radius 2 is 1.71 bits per heavy atom. The van der Waals surface area contributed by atoms with Crippen molar-refractivity contribution in [3.05, 3.63) is 60.2 Å². The molecule has 1 aliphatic rings. The summed E-state index contributed by atoms with van der Waals surface area (Å²) in [5, 5.41) is 5.41. The van der Waals surface area contributed by atoms with Gasteiger partial charge in [-0.3, -0.25) is 14.5 Å². The largest absolute Gasteiger partial charge is 0.326 e. The number of carbonyl (C=O) groups is 2. The number of hydrogen-bond acceptors (Lipinski definition) is 3. The van der Waals surface area contributed by atoms with E-state index in [2.05, 4.69) is 10.6 Å². The number of rotatable bonds is 5. The van der Waals surface area contributed by atoms with Gasteiger partial charge in [0.05, 0.1) is 11.7 Å². The number of halogens is 2. The van der Waals surface area contributed by atoms with Gasteiger partial charge < -0.3 is 10.6 Å². The molecular formula is C21H23F2N3O2. The maximum absolute atomic E-state index is 13.7. The number of piperidine rings is 1. The first kappa shape index (κ1) is 19.9. The van der Waals surface area contributed by atoms with Gasteiger partial charge in [0.15, 0.2) is 0 Å². The van der Waals surface area contributed by atoms with Crippen LogP contribution in [0.4, 0.5) is 20.2 Å². The van der Waals surface area contributed by atoms with Crippen molar-refractivity contribution >= 4 is 23.2 Å². The van der Waals surface area contributed by atoms with Crippen LogP contribution in [0, 0.1) is 17.6 Å². The molecule has 1 heterocycles. The van der Waals surface area contributed by atoms with Gasteiger partial charge in [-0.05, 0) is 57.1 Å². The normalized spacial score (nSPS) is 16.4. The van der Waals surface area contributed by atoms with E-state index in [1.54, 1.807) is 6.92 Å². The third kappa shape index (κ3) is 4.92. The van der Waals surface area contributed by atoms with Crippen molar-refractivity contribution in [1.82, 2.24) is 4.90 Å². The maximum Gasteiger partial charge on any atom is 0.241 e. The summed E-state index contributed by atoms with van der Waals surface area (Å²) in [6.07, 6.45) is 1.28. The van der Waals surface area contributed by atoms with E-state index in [0.29, 0.717) is 25.9 Å². The van der Waals surface area contributed by atoms with Crippen LogP contribution in [-0.4, -0.2) is 35.8 Å². The molecule has 7 heteroatoms. The average molecular weight is 387 g/mol. The van der Waals surface area contributed by atoms with Gasteiger partial charge in [-0.1, -0.05) is 18.2 Å². The van der Waals surface area contributed by atoms with Crippen LogP contribution >= 0.6 is 0 Å². The van der Waals surface area contributed by atoms with Gasteiger partial charge in [0.2, 0.25) is 11.8 Å². The van der Waals surface area contributed by atoms with E-state index in [9.17, 15) is 18.4 Å². The molecule has 0 unspecified atom stereocenters. The SMILES string of the molecule is C[C@H](C(=O)Nc1ccc(F)cc1F)N1CCC(C(=O)Nc2ccccc2)CC1.